The van der Waals surface area contributed by atoms with Gasteiger partial charge >= 0.3 is 0 Å². The van der Waals surface area contributed by atoms with Crippen LogP contribution in [-0.2, 0) is 13.0 Å². The second-order valence-corrected chi connectivity index (χ2v) is 6.81. The number of aryl methyl sites for hydroxylation is 1. The lowest BCUT2D eigenvalue weighted by molar-refractivity contribution is 0.0972. The van der Waals surface area contributed by atoms with E-state index in [1.54, 1.807) is 0 Å². The zero-order valence-corrected chi connectivity index (χ0v) is 13.8. The van der Waals surface area contributed by atoms with Crippen molar-refractivity contribution in [3.63, 3.8) is 0 Å². The monoisotopic (exact) mass is 319 g/mol. The molecule has 0 saturated carbocycles. The number of benzene rings is 2. The minimum atomic E-state index is -0.0963. The van der Waals surface area contributed by atoms with Gasteiger partial charge in [0, 0.05) is 24.1 Å². The topological polar surface area (TPSA) is 46.9 Å². The summed E-state index contributed by atoms with van der Waals surface area (Å²) in [7, 11) is 0. The number of hydrogen-bond donors (Lipinski definition) is 1. The number of hydrogen-bond acceptors (Lipinski definition) is 3. The van der Waals surface area contributed by atoms with E-state index in [9.17, 15) is 4.79 Å². The predicted octanol–water partition coefficient (Wildman–Crippen LogP) is 3.21. The number of ketones is 1. The highest BCUT2D eigenvalue weighted by molar-refractivity contribution is 5.97. The highest BCUT2D eigenvalue weighted by Crippen LogP contribution is 2.27. The number of nitrogens with zero attached hydrogens (tertiary/aromatic N) is 2. The molecule has 0 bridgehead atoms. The van der Waals surface area contributed by atoms with E-state index in [0.717, 1.165) is 36.3 Å². The number of carbonyl (C=O) groups is 1. The zero-order valence-electron chi connectivity index (χ0n) is 13.8. The molecule has 0 fully saturated rings. The Morgan fingerprint density at radius 3 is 2.75 bits per heavy atom. The van der Waals surface area contributed by atoms with Crippen LogP contribution in [0.3, 0.4) is 0 Å². The molecule has 1 unspecified atom stereocenters. The number of carbonyl (C=O) groups excluding carboxylic acids is 1. The molecular weight excluding hydrogens is 298 g/mol. The van der Waals surface area contributed by atoms with Crippen LogP contribution in [0.2, 0.25) is 0 Å². The summed E-state index contributed by atoms with van der Waals surface area (Å²) in [4.78, 5) is 17.1. The van der Waals surface area contributed by atoms with E-state index >= 15 is 0 Å². The molecule has 2 heterocycles. The van der Waals surface area contributed by atoms with Crippen molar-refractivity contribution >= 4 is 16.8 Å². The maximum Gasteiger partial charge on any atom is 0.176 e. The molecule has 1 aliphatic rings. The van der Waals surface area contributed by atoms with Crippen molar-refractivity contribution in [1.29, 1.82) is 0 Å². The highest BCUT2D eigenvalue weighted by Gasteiger charge is 2.31. The van der Waals surface area contributed by atoms with Crippen molar-refractivity contribution in [3.05, 3.63) is 66.0 Å². The number of Topliss-reactive ketones (excluding diaryl/α,β-unsaturated/α-hetero) is 1. The third-order valence-corrected chi connectivity index (χ3v) is 4.91. The molecule has 4 heteroatoms. The van der Waals surface area contributed by atoms with Crippen molar-refractivity contribution in [2.75, 3.05) is 6.54 Å². The first-order chi connectivity index (χ1) is 11.6. The third kappa shape index (κ3) is 2.74. The summed E-state index contributed by atoms with van der Waals surface area (Å²) >= 11 is 0. The van der Waals surface area contributed by atoms with Crippen LogP contribution >= 0.6 is 0 Å². The van der Waals surface area contributed by atoms with Crippen molar-refractivity contribution in [1.82, 2.24) is 14.9 Å². The second-order valence-electron chi connectivity index (χ2n) is 6.81. The van der Waals surface area contributed by atoms with Crippen LogP contribution < -0.4 is 5.32 Å². The number of rotatable bonds is 4. The summed E-state index contributed by atoms with van der Waals surface area (Å²) < 4.78 is 2.29. The molecule has 3 aromatic rings. The van der Waals surface area contributed by atoms with Gasteiger partial charge in [-0.05, 0) is 25.5 Å². The van der Waals surface area contributed by atoms with Crippen molar-refractivity contribution in [3.8, 4) is 0 Å². The molecule has 0 saturated heterocycles. The summed E-state index contributed by atoms with van der Waals surface area (Å²) in [5, 5.41) is 3.49. The number of para-hydroxylation sites is 2. The molecular formula is C20H21N3O. The van der Waals surface area contributed by atoms with Crippen molar-refractivity contribution in [2.24, 2.45) is 0 Å². The highest BCUT2D eigenvalue weighted by atomic mass is 16.1. The van der Waals surface area contributed by atoms with E-state index in [2.05, 4.69) is 35.0 Å². The third-order valence-electron chi connectivity index (χ3n) is 4.91. The molecule has 2 aromatic carbocycles. The Hall–Kier alpha value is -2.46. The van der Waals surface area contributed by atoms with Gasteiger partial charge in [-0.15, -0.1) is 0 Å². The lowest BCUT2D eigenvalue weighted by atomic mass is 9.91. The van der Waals surface area contributed by atoms with Crippen LogP contribution in [0, 0.1) is 0 Å². The summed E-state index contributed by atoms with van der Waals surface area (Å²) in [6.45, 7) is 3.40. The van der Waals surface area contributed by atoms with E-state index < -0.39 is 0 Å². The Bertz CT molecular complexity index is 884. The Labute approximate surface area is 141 Å². The SMILES string of the molecule is CC1(NCC(=O)c2ccccc2)CCc2nc3ccccc3n2C1. The van der Waals surface area contributed by atoms with E-state index in [-0.39, 0.29) is 11.3 Å². The van der Waals surface area contributed by atoms with Crippen LogP contribution in [0.25, 0.3) is 11.0 Å². The van der Waals surface area contributed by atoms with Gasteiger partial charge in [0.25, 0.3) is 0 Å². The number of imidazole rings is 1. The normalized spacial score (nSPS) is 20.0. The molecule has 24 heavy (non-hydrogen) atoms. The van der Waals surface area contributed by atoms with Gasteiger partial charge in [-0.3, -0.25) is 4.79 Å². The van der Waals surface area contributed by atoms with Gasteiger partial charge in [-0.2, -0.15) is 0 Å². The number of aromatic nitrogens is 2. The molecule has 1 N–H and O–H groups in total. The predicted molar refractivity (Wildman–Crippen MR) is 95.2 cm³/mol. The fraction of sp³-hybridized carbons (Fsp3) is 0.300. The maximum absolute atomic E-state index is 12.4. The molecule has 1 aliphatic heterocycles. The lowest BCUT2D eigenvalue weighted by Crippen LogP contribution is -2.50. The molecule has 122 valence electrons. The second kappa shape index (κ2) is 5.87. The summed E-state index contributed by atoms with van der Waals surface area (Å²) in [6, 6.07) is 17.7. The average molecular weight is 319 g/mol. The van der Waals surface area contributed by atoms with Gasteiger partial charge in [0.2, 0.25) is 0 Å². The Balaban J connectivity index is 1.51. The lowest BCUT2D eigenvalue weighted by Gasteiger charge is -2.35. The summed E-state index contributed by atoms with van der Waals surface area (Å²) in [6.07, 6.45) is 1.91. The van der Waals surface area contributed by atoms with E-state index in [1.807, 2.05) is 36.4 Å². The van der Waals surface area contributed by atoms with Crippen molar-refractivity contribution < 1.29 is 4.79 Å². The molecule has 0 spiro atoms. The Kier molecular flexibility index (Phi) is 3.69. The average Bonchev–Trinajstić information content (AvgIpc) is 2.98. The first-order valence-electron chi connectivity index (χ1n) is 8.42. The number of fused-ring (bicyclic) bond motifs is 3. The quantitative estimate of drug-likeness (QED) is 0.751. The van der Waals surface area contributed by atoms with Gasteiger partial charge in [0.05, 0.1) is 17.6 Å². The molecule has 1 atom stereocenters. The minimum Gasteiger partial charge on any atom is -0.326 e. The first-order valence-corrected chi connectivity index (χ1v) is 8.42. The smallest absolute Gasteiger partial charge is 0.176 e. The minimum absolute atomic E-state index is 0.0963. The van der Waals surface area contributed by atoms with Gasteiger partial charge in [-0.1, -0.05) is 42.5 Å². The van der Waals surface area contributed by atoms with Crippen molar-refractivity contribution in [2.45, 2.75) is 31.8 Å². The van der Waals surface area contributed by atoms with Crippen LogP contribution in [0.4, 0.5) is 0 Å². The molecule has 4 rings (SSSR count). The van der Waals surface area contributed by atoms with Gasteiger partial charge in [0.15, 0.2) is 5.78 Å². The van der Waals surface area contributed by atoms with Crippen LogP contribution in [0.5, 0.6) is 0 Å². The van der Waals surface area contributed by atoms with E-state index in [4.69, 9.17) is 4.98 Å². The molecule has 4 nitrogen and oxygen atoms in total. The van der Waals surface area contributed by atoms with Gasteiger partial charge in [-0.25, -0.2) is 4.98 Å². The standard InChI is InChI=1S/C20H21N3O/c1-20(21-13-18(24)15-7-3-2-4-8-15)12-11-19-22-16-9-5-6-10-17(16)23(19)14-20/h2-10,21H,11-14H2,1H3. The first kappa shape index (κ1) is 15.1. The van der Waals surface area contributed by atoms with E-state index in [0.29, 0.717) is 6.54 Å². The summed E-state index contributed by atoms with van der Waals surface area (Å²) in [5.41, 5.74) is 2.89. The fourth-order valence-corrected chi connectivity index (χ4v) is 3.47. The number of nitrogens with one attached hydrogen (secondary N) is 1. The van der Waals surface area contributed by atoms with Crippen LogP contribution in [0.15, 0.2) is 54.6 Å². The Morgan fingerprint density at radius 2 is 1.92 bits per heavy atom. The molecule has 0 amide bonds. The van der Waals surface area contributed by atoms with Gasteiger partial charge in [0.1, 0.15) is 5.82 Å². The maximum atomic E-state index is 12.4. The van der Waals surface area contributed by atoms with Gasteiger partial charge < -0.3 is 9.88 Å². The van der Waals surface area contributed by atoms with E-state index in [1.165, 1.54) is 5.52 Å². The fourth-order valence-electron chi connectivity index (χ4n) is 3.47. The molecule has 1 aromatic heterocycles. The van der Waals surface area contributed by atoms with Crippen LogP contribution in [0.1, 0.15) is 29.5 Å². The van der Waals surface area contributed by atoms with Crippen LogP contribution in [-0.4, -0.2) is 27.4 Å². The zero-order chi connectivity index (χ0) is 16.6. The molecule has 0 aliphatic carbocycles. The summed E-state index contributed by atoms with van der Waals surface area (Å²) in [5.74, 6) is 1.28. The largest absolute Gasteiger partial charge is 0.326 e. The molecule has 0 radical (unpaired) electrons. The Morgan fingerprint density at radius 1 is 1.17 bits per heavy atom.